The predicted molar refractivity (Wildman–Crippen MR) is 81.3 cm³/mol. The molecule has 3 heterocycles. The summed E-state index contributed by atoms with van der Waals surface area (Å²) in [5.74, 6) is 2.19. The first kappa shape index (κ1) is 15.8. The van der Waals surface area contributed by atoms with E-state index in [4.69, 9.17) is 0 Å². The number of anilines is 1. The summed E-state index contributed by atoms with van der Waals surface area (Å²) in [5, 5.41) is 0. The fourth-order valence-corrected chi connectivity index (χ4v) is 2.89. The van der Waals surface area contributed by atoms with Crippen LogP contribution in [0.4, 0.5) is 19.0 Å². The van der Waals surface area contributed by atoms with Crippen molar-refractivity contribution in [2.45, 2.75) is 32.5 Å². The van der Waals surface area contributed by atoms with Crippen molar-refractivity contribution in [3.63, 3.8) is 0 Å². The Bertz CT molecular complexity index is 672. The van der Waals surface area contributed by atoms with Crippen molar-refractivity contribution in [1.29, 1.82) is 0 Å². The van der Waals surface area contributed by atoms with Gasteiger partial charge in [-0.25, -0.2) is 9.97 Å². The zero-order chi connectivity index (χ0) is 16.6. The van der Waals surface area contributed by atoms with Crippen LogP contribution in [0.5, 0.6) is 0 Å². The van der Waals surface area contributed by atoms with Gasteiger partial charge in [-0.05, 0) is 12.1 Å². The van der Waals surface area contributed by atoms with E-state index < -0.39 is 11.7 Å². The van der Waals surface area contributed by atoms with Crippen molar-refractivity contribution in [2.75, 3.05) is 18.0 Å². The minimum atomic E-state index is -4.33. The highest BCUT2D eigenvalue weighted by molar-refractivity contribution is 5.44. The van der Waals surface area contributed by atoms with Crippen LogP contribution < -0.4 is 4.90 Å². The van der Waals surface area contributed by atoms with Crippen LogP contribution in [0.1, 0.15) is 31.2 Å². The molecule has 0 aliphatic carbocycles. The van der Waals surface area contributed by atoms with E-state index in [0.717, 1.165) is 24.5 Å². The average Bonchev–Trinajstić information content (AvgIpc) is 2.90. The summed E-state index contributed by atoms with van der Waals surface area (Å²) < 4.78 is 40.4. The molecule has 0 aromatic carbocycles. The van der Waals surface area contributed by atoms with Crippen molar-refractivity contribution >= 4 is 5.82 Å². The molecule has 1 aliphatic heterocycles. The first-order valence-electron chi connectivity index (χ1n) is 7.64. The van der Waals surface area contributed by atoms with Crippen LogP contribution in [-0.4, -0.2) is 27.6 Å². The van der Waals surface area contributed by atoms with Crippen molar-refractivity contribution in [3.05, 3.63) is 42.1 Å². The summed E-state index contributed by atoms with van der Waals surface area (Å²) in [6, 6.07) is 2.12. The van der Waals surface area contributed by atoms with Crippen molar-refractivity contribution < 1.29 is 13.2 Å². The maximum absolute atomic E-state index is 12.7. The zero-order valence-electron chi connectivity index (χ0n) is 13.1. The molecular formula is C16H19F3N4. The molecule has 0 atom stereocenters. The maximum Gasteiger partial charge on any atom is 0.416 e. The van der Waals surface area contributed by atoms with Crippen molar-refractivity contribution in [3.8, 4) is 0 Å². The smallest absolute Gasteiger partial charge is 0.356 e. The second kappa shape index (κ2) is 5.86. The van der Waals surface area contributed by atoms with Crippen LogP contribution in [0.25, 0.3) is 0 Å². The van der Waals surface area contributed by atoms with E-state index in [0.29, 0.717) is 30.7 Å². The van der Waals surface area contributed by atoms with Gasteiger partial charge in [0.05, 0.1) is 5.56 Å². The molecule has 0 unspecified atom stereocenters. The van der Waals surface area contributed by atoms with Crippen molar-refractivity contribution in [1.82, 2.24) is 14.5 Å². The third kappa shape index (κ3) is 3.33. The molecule has 3 rings (SSSR count). The van der Waals surface area contributed by atoms with Crippen LogP contribution in [0.3, 0.4) is 0 Å². The monoisotopic (exact) mass is 324 g/mol. The SMILES string of the molecule is CC(C)c1nccn1CC1CN(c2cc(C(F)(F)F)ccn2)C1. The van der Waals surface area contributed by atoms with E-state index in [9.17, 15) is 13.2 Å². The molecule has 0 N–H and O–H groups in total. The fourth-order valence-electron chi connectivity index (χ4n) is 2.89. The van der Waals surface area contributed by atoms with E-state index in [1.807, 2.05) is 11.1 Å². The molecule has 1 fully saturated rings. The average molecular weight is 324 g/mol. The number of imidazole rings is 1. The Labute approximate surface area is 133 Å². The van der Waals surface area contributed by atoms with Gasteiger partial charge in [-0.2, -0.15) is 13.2 Å². The van der Waals surface area contributed by atoms with Gasteiger partial charge < -0.3 is 9.47 Å². The lowest BCUT2D eigenvalue weighted by molar-refractivity contribution is -0.137. The molecule has 0 amide bonds. The van der Waals surface area contributed by atoms with E-state index in [1.165, 1.54) is 6.20 Å². The second-order valence-electron chi connectivity index (χ2n) is 6.26. The second-order valence-corrected chi connectivity index (χ2v) is 6.26. The van der Waals surface area contributed by atoms with Crippen LogP contribution in [0, 0.1) is 5.92 Å². The van der Waals surface area contributed by atoms with Crippen LogP contribution in [0.2, 0.25) is 0 Å². The largest absolute Gasteiger partial charge is 0.416 e. The number of rotatable bonds is 4. The van der Waals surface area contributed by atoms with Crippen molar-refractivity contribution in [2.24, 2.45) is 5.92 Å². The standard InChI is InChI=1S/C16H19F3N4/c1-11(2)15-21-5-6-22(15)8-12-9-23(10-12)14-7-13(3-4-20-14)16(17,18)19/h3-7,11-12H,8-10H2,1-2H3. The molecule has 1 aliphatic rings. The van der Waals surface area contributed by atoms with Gasteiger partial charge in [-0.3, -0.25) is 0 Å². The van der Waals surface area contributed by atoms with Crippen LogP contribution >= 0.6 is 0 Å². The summed E-state index contributed by atoms with van der Waals surface area (Å²) in [4.78, 5) is 10.3. The molecule has 2 aromatic rings. The van der Waals surface area contributed by atoms with Gasteiger partial charge in [-0.15, -0.1) is 0 Å². The Balaban J connectivity index is 1.62. The third-order valence-electron chi connectivity index (χ3n) is 4.07. The highest BCUT2D eigenvalue weighted by Crippen LogP contribution is 2.32. The van der Waals surface area contributed by atoms with Gasteiger partial charge in [-0.1, -0.05) is 13.8 Å². The van der Waals surface area contributed by atoms with Gasteiger partial charge in [0.15, 0.2) is 0 Å². The number of halogens is 3. The first-order valence-corrected chi connectivity index (χ1v) is 7.64. The first-order chi connectivity index (χ1) is 10.8. The Kier molecular flexibility index (Phi) is 4.04. The summed E-state index contributed by atoms with van der Waals surface area (Å²) >= 11 is 0. The molecule has 23 heavy (non-hydrogen) atoms. The number of aromatic nitrogens is 3. The van der Waals surface area contributed by atoms with Gasteiger partial charge in [0.1, 0.15) is 11.6 Å². The quantitative estimate of drug-likeness (QED) is 0.862. The molecule has 4 nitrogen and oxygen atoms in total. The van der Waals surface area contributed by atoms with E-state index >= 15 is 0 Å². The lowest BCUT2D eigenvalue weighted by Crippen LogP contribution is -2.49. The highest BCUT2D eigenvalue weighted by atomic mass is 19.4. The number of nitrogens with zero attached hydrogens (tertiary/aromatic N) is 4. The van der Waals surface area contributed by atoms with Gasteiger partial charge in [0.25, 0.3) is 0 Å². The number of hydrogen-bond acceptors (Lipinski definition) is 3. The lowest BCUT2D eigenvalue weighted by atomic mass is 9.99. The molecule has 0 radical (unpaired) electrons. The highest BCUT2D eigenvalue weighted by Gasteiger charge is 2.33. The minimum absolute atomic E-state index is 0.353. The van der Waals surface area contributed by atoms with E-state index in [2.05, 4.69) is 28.4 Å². The molecule has 124 valence electrons. The predicted octanol–water partition coefficient (Wildman–Crippen LogP) is 3.56. The molecule has 2 aromatic heterocycles. The van der Waals surface area contributed by atoms with Crippen LogP contribution in [0.15, 0.2) is 30.7 Å². The molecule has 0 saturated carbocycles. The Morgan fingerprint density at radius 2 is 1.96 bits per heavy atom. The van der Waals surface area contributed by atoms with E-state index in [1.54, 1.807) is 6.20 Å². The summed E-state index contributed by atoms with van der Waals surface area (Å²) in [5.41, 5.74) is -0.650. The van der Waals surface area contributed by atoms with Gasteiger partial charge >= 0.3 is 6.18 Å². The molecule has 0 bridgehead atoms. The maximum atomic E-state index is 12.7. The minimum Gasteiger partial charge on any atom is -0.356 e. The van der Waals surface area contributed by atoms with Crippen LogP contribution in [-0.2, 0) is 12.7 Å². The topological polar surface area (TPSA) is 34.0 Å². The molecular weight excluding hydrogens is 305 g/mol. The molecule has 0 spiro atoms. The Morgan fingerprint density at radius 3 is 2.61 bits per heavy atom. The fraction of sp³-hybridized carbons (Fsp3) is 0.500. The third-order valence-corrected chi connectivity index (χ3v) is 4.07. The van der Waals surface area contributed by atoms with Gasteiger partial charge in [0, 0.05) is 50.1 Å². The summed E-state index contributed by atoms with van der Waals surface area (Å²) in [6.07, 6.45) is 0.643. The lowest BCUT2D eigenvalue weighted by Gasteiger charge is -2.40. The summed E-state index contributed by atoms with van der Waals surface area (Å²) in [6.45, 7) is 6.45. The normalized spacial score (nSPS) is 16.0. The zero-order valence-corrected chi connectivity index (χ0v) is 13.1. The molecule has 1 saturated heterocycles. The molecule has 7 heteroatoms. The summed E-state index contributed by atoms with van der Waals surface area (Å²) in [7, 11) is 0. The number of alkyl halides is 3. The Hall–Kier alpha value is -2.05. The van der Waals surface area contributed by atoms with E-state index in [-0.39, 0.29) is 0 Å². The Morgan fingerprint density at radius 1 is 1.22 bits per heavy atom. The van der Waals surface area contributed by atoms with Gasteiger partial charge in [0.2, 0.25) is 0 Å². The number of hydrogen-bond donors (Lipinski definition) is 0. The number of pyridine rings is 1.